The first-order valence-corrected chi connectivity index (χ1v) is 22.5. The van der Waals surface area contributed by atoms with Gasteiger partial charge in [0.25, 0.3) is 0 Å². The summed E-state index contributed by atoms with van der Waals surface area (Å²) in [5.74, 6) is 0.989. The summed E-state index contributed by atoms with van der Waals surface area (Å²) in [6, 6.07) is 70.1. The van der Waals surface area contributed by atoms with E-state index in [1.807, 2.05) is 131 Å². The molecule has 9 rings (SSSR count). The maximum atomic E-state index is 10.1. The standard InChI is InChI=1S/C40H31N3O.C21H17N3O/c1-29-38(27-42)39(33-22-18-31(26-41)19-23-33)30(2)43(29)28-32-20-24-37(25-21-32)44-40(34-12-6-3-7-13-34,35-14-8-4-9-15-35)36-16-10-5-11-17-36;1-14-20(12-23)21(18-7-3-16(11-22)4-8-18)15(2)24(14)13-17-5-9-19(25)10-6-17/h3-25H,28H2,1-2H3;3-10,25H,13H2,1-2H3. The van der Waals surface area contributed by atoms with Gasteiger partial charge in [0.2, 0.25) is 0 Å². The number of nitrogens with zero attached hydrogens (tertiary/aromatic N) is 6. The Labute approximate surface area is 403 Å². The van der Waals surface area contributed by atoms with Gasteiger partial charge >= 0.3 is 0 Å². The summed E-state index contributed by atoms with van der Waals surface area (Å²) in [7, 11) is 0. The lowest BCUT2D eigenvalue weighted by Crippen LogP contribution is -2.36. The first kappa shape index (κ1) is 46.2. The summed E-state index contributed by atoms with van der Waals surface area (Å²) in [4.78, 5) is 0. The Balaban J connectivity index is 0.000000217. The van der Waals surface area contributed by atoms with Crippen molar-refractivity contribution in [2.75, 3.05) is 0 Å². The minimum absolute atomic E-state index is 0.237. The lowest BCUT2D eigenvalue weighted by molar-refractivity contribution is 0.155. The lowest BCUT2D eigenvalue weighted by Gasteiger charge is -2.36. The topological polar surface area (TPSA) is 134 Å². The molecule has 0 fully saturated rings. The van der Waals surface area contributed by atoms with Crippen molar-refractivity contribution in [3.63, 3.8) is 0 Å². The molecule has 7 aromatic carbocycles. The molecule has 0 bridgehead atoms. The molecular formula is C61H48N6O2. The summed E-state index contributed by atoms with van der Waals surface area (Å²) in [6.45, 7) is 9.23. The number of rotatable bonds is 11. The van der Waals surface area contributed by atoms with Crippen LogP contribution in [0, 0.1) is 73.0 Å². The molecule has 0 saturated carbocycles. The van der Waals surface area contributed by atoms with Crippen LogP contribution in [0.25, 0.3) is 22.3 Å². The van der Waals surface area contributed by atoms with Crippen LogP contribution in [-0.4, -0.2) is 14.2 Å². The zero-order valence-corrected chi connectivity index (χ0v) is 38.9. The molecular weight excluding hydrogens is 849 g/mol. The van der Waals surface area contributed by atoms with Gasteiger partial charge in [-0.3, -0.25) is 0 Å². The maximum absolute atomic E-state index is 10.1. The zero-order valence-electron chi connectivity index (χ0n) is 38.9. The average Bonchev–Trinajstić information content (AvgIpc) is 3.79. The number of ether oxygens (including phenoxy) is 1. The fourth-order valence-corrected chi connectivity index (χ4v) is 9.15. The Morgan fingerprint density at radius 3 is 1.10 bits per heavy atom. The predicted molar refractivity (Wildman–Crippen MR) is 270 cm³/mol. The van der Waals surface area contributed by atoms with E-state index in [1.54, 1.807) is 36.4 Å². The van der Waals surface area contributed by atoms with Crippen molar-refractivity contribution in [1.29, 1.82) is 21.0 Å². The molecule has 2 aromatic heterocycles. The van der Waals surface area contributed by atoms with Gasteiger partial charge in [0.05, 0.1) is 34.4 Å². The molecule has 0 unspecified atom stereocenters. The van der Waals surface area contributed by atoms with Crippen LogP contribution in [0.15, 0.2) is 188 Å². The van der Waals surface area contributed by atoms with Crippen molar-refractivity contribution in [1.82, 2.24) is 9.13 Å². The van der Waals surface area contributed by atoms with Crippen LogP contribution in [0.5, 0.6) is 11.5 Å². The number of phenolic OH excluding ortho intramolecular Hbond substituents is 1. The molecule has 8 heteroatoms. The van der Waals surface area contributed by atoms with Crippen LogP contribution >= 0.6 is 0 Å². The summed E-state index contributed by atoms with van der Waals surface area (Å²) < 4.78 is 11.4. The number of hydrogen-bond donors (Lipinski definition) is 1. The Bertz CT molecular complexity index is 3300. The van der Waals surface area contributed by atoms with Crippen molar-refractivity contribution in [2.45, 2.75) is 46.4 Å². The van der Waals surface area contributed by atoms with Crippen molar-refractivity contribution >= 4 is 0 Å². The molecule has 0 radical (unpaired) electrons. The SMILES string of the molecule is Cc1c(C#N)c(-c2ccc(C#N)cc2)c(C)n1Cc1ccc(O)cc1.Cc1c(C#N)c(-c2ccc(C#N)cc2)c(C)n1Cc1ccc(OC(c2ccccc2)(c2ccccc2)c2ccccc2)cc1. The molecule has 0 atom stereocenters. The van der Waals surface area contributed by atoms with Crippen molar-refractivity contribution < 1.29 is 9.84 Å². The summed E-state index contributed by atoms with van der Waals surface area (Å²) >= 11 is 0. The van der Waals surface area contributed by atoms with Crippen LogP contribution in [0.2, 0.25) is 0 Å². The number of hydrogen-bond acceptors (Lipinski definition) is 6. The molecule has 8 nitrogen and oxygen atoms in total. The highest BCUT2D eigenvalue weighted by molar-refractivity contribution is 5.76. The van der Waals surface area contributed by atoms with Gasteiger partial charge in [0.1, 0.15) is 23.6 Å². The third-order valence-electron chi connectivity index (χ3n) is 12.7. The summed E-state index contributed by atoms with van der Waals surface area (Å²) in [5.41, 5.74) is 14.5. The van der Waals surface area contributed by atoms with Crippen LogP contribution in [0.3, 0.4) is 0 Å². The summed E-state index contributed by atoms with van der Waals surface area (Å²) in [6.07, 6.45) is 0. The molecule has 2 heterocycles. The third-order valence-corrected chi connectivity index (χ3v) is 12.7. The maximum Gasteiger partial charge on any atom is 0.184 e. The molecule has 0 aliphatic heterocycles. The highest BCUT2D eigenvalue weighted by Gasteiger charge is 2.39. The number of benzene rings is 7. The quantitative estimate of drug-likeness (QED) is 0.128. The van der Waals surface area contributed by atoms with Crippen LogP contribution in [0.4, 0.5) is 0 Å². The smallest absolute Gasteiger partial charge is 0.184 e. The largest absolute Gasteiger partial charge is 0.508 e. The van der Waals surface area contributed by atoms with Gasteiger partial charge in [-0.2, -0.15) is 21.0 Å². The van der Waals surface area contributed by atoms with Crippen molar-refractivity contribution in [2.24, 2.45) is 0 Å². The van der Waals surface area contributed by atoms with E-state index in [1.165, 1.54) is 0 Å². The molecule has 0 saturated heterocycles. The van der Waals surface area contributed by atoms with E-state index >= 15 is 0 Å². The van der Waals surface area contributed by atoms with E-state index in [0.29, 0.717) is 35.3 Å². The molecule has 0 amide bonds. The number of aromatic nitrogens is 2. The monoisotopic (exact) mass is 896 g/mol. The van der Waals surface area contributed by atoms with E-state index in [0.717, 1.165) is 78.6 Å². The molecule has 1 N–H and O–H groups in total. The highest BCUT2D eigenvalue weighted by atomic mass is 16.5. The van der Waals surface area contributed by atoms with Gasteiger partial charge in [-0.1, -0.05) is 140 Å². The van der Waals surface area contributed by atoms with Gasteiger partial charge in [0.15, 0.2) is 5.60 Å². The zero-order chi connectivity index (χ0) is 48.5. The summed E-state index contributed by atoms with van der Waals surface area (Å²) in [5, 5.41) is 47.3. The number of nitriles is 4. The molecule has 0 aliphatic rings. The number of phenols is 1. The highest BCUT2D eigenvalue weighted by Crippen LogP contribution is 2.42. The molecule has 0 spiro atoms. The van der Waals surface area contributed by atoms with E-state index in [-0.39, 0.29) is 5.75 Å². The minimum atomic E-state index is -0.851. The van der Waals surface area contributed by atoms with Gasteiger partial charge in [-0.15, -0.1) is 0 Å². The van der Waals surface area contributed by atoms with E-state index in [9.17, 15) is 20.9 Å². The average molecular weight is 897 g/mol. The van der Waals surface area contributed by atoms with E-state index < -0.39 is 5.60 Å². The fraction of sp³-hybridized carbons (Fsp3) is 0.115. The fourth-order valence-electron chi connectivity index (χ4n) is 9.15. The predicted octanol–water partition coefficient (Wildman–Crippen LogP) is 13.2. The Kier molecular flexibility index (Phi) is 13.7. The molecule has 9 aromatic rings. The van der Waals surface area contributed by atoms with Crippen molar-refractivity contribution in [3.05, 3.63) is 261 Å². The Morgan fingerprint density at radius 2 is 0.768 bits per heavy atom. The Morgan fingerprint density at radius 1 is 0.420 bits per heavy atom. The minimum Gasteiger partial charge on any atom is -0.508 e. The van der Waals surface area contributed by atoms with Gasteiger partial charge in [-0.25, -0.2) is 0 Å². The van der Waals surface area contributed by atoms with Crippen LogP contribution in [-0.2, 0) is 18.7 Å². The second-order valence-electron chi connectivity index (χ2n) is 16.8. The van der Waals surface area contributed by atoms with E-state index in [2.05, 4.69) is 81.9 Å². The first-order valence-electron chi connectivity index (χ1n) is 22.5. The van der Waals surface area contributed by atoms with Crippen molar-refractivity contribution in [3.8, 4) is 58.0 Å². The molecule has 0 aliphatic carbocycles. The van der Waals surface area contributed by atoms with Crippen LogP contribution < -0.4 is 4.74 Å². The van der Waals surface area contributed by atoms with Crippen LogP contribution in [0.1, 0.15) is 72.8 Å². The molecule has 69 heavy (non-hydrogen) atoms. The van der Waals surface area contributed by atoms with E-state index in [4.69, 9.17) is 10.00 Å². The normalized spacial score (nSPS) is 10.7. The first-order chi connectivity index (χ1) is 33.6. The second kappa shape index (κ2) is 20.4. The van der Waals surface area contributed by atoms with Gasteiger partial charge < -0.3 is 19.0 Å². The third kappa shape index (κ3) is 9.38. The van der Waals surface area contributed by atoms with Gasteiger partial charge in [0, 0.05) is 63.7 Å². The number of aromatic hydroxyl groups is 1. The second-order valence-corrected chi connectivity index (χ2v) is 16.8. The van der Waals surface area contributed by atoms with Gasteiger partial charge in [-0.05, 0) is 98.5 Å². The molecule has 334 valence electrons. The Hall–Kier alpha value is -9.34. The lowest BCUT2D eigenvalue weighted by atomic mass is 9.80.